The Balaban J connectivity index is 1.66. The number of aromatic nitrogens is 2. The van der Waals surface area contributed by atoms with Crippen LogP contribution in [0.3, 0.4) is 0 Å². The number of methoxy groups -OCH3 is 1. The van der Waals surface area contributed by atoms with Gasteiger partial charge in [0, 0.05) is 18.0 Å². The average Bonchev–Trinajstić information content (AvgIpc) is 3.05. The van der Waals surface area contributed by atoms with Gasteiger partial charge in [0.2, 0.25) is 0 Å². The molecule has 5 nitrogen and oxygen atoms in total. The Labute approximate surface area is 138 Å². The van der Waals surface area contributed by atoms with Crippen LogP contribution in [0.2, 0.25) is 0 Å². The van der Waals surface area contributed by atoms with Crippen molar-refractivity contribution in [1.29, 1.82) is 0 Å². The maximum Gasteiger partial charge on any atom is 0.275 e. The van der Waals surface area contributed by atoms with E-state index in [0.29, 0.717) is 17.8 Å². The topological polar surface area (TPSA) is 64.1 Å². The Morgan fingerprint density at radius 2 is 2.09 bits per heavy atom. The van der Waals surface area contributed by atoms with Gasteiger partial charge in [0.15, 0.2) is 0 Å². The van der Waals surface area contributed by atoms with Gasteiger partial charge in [-0.25, -0.2) is 4.98 Å². The summed E-state index contributed by atoms with van der Waals surface area (Å²) >= 11 is 1.47. The van der Waals surface area contributed by atoms with Crippen LogP contribution >= 0.6 is 11.3 Å². The molecule has 0 atom stereocenters. The molecule has 1 aromatic carbocycles. The Bertz CT molecular complexity index is 785. The van der Waals surface area contributed by atoms with Crippen molar-refractivity contribution < 1.29 is 9.53 Å². The van der Waals surface area contributed by atoms with E-state index in [1.807, 2.05) is 24.3 Å². The predicted octanol–water partition coefficient (Wildman–Crippen LogP) is 3.39. The molecule has 1 amide bonds. The lowest BCUT2D eigenvalue weighted by molar-refractivity contribution is 0.102. The van der Waals surface area contributed by atoms with Crippen LogP contribution in [0.1, 0.15) is 21.1 Å². The number of amides is 1. The van der Waals surface area contributed by atoms with Crippen LogP contribution in [0.25, 0.3) is 0 Å². The maximum atomic E-state index is 12.2. The summed E-state index contributed by atoms with van der Waals surface area (Å²) in [5.41, 5.74) is 2.20. The minimum atomic E-state index is -0.227. The van der Waals surface area contributed by atoms with Gasteiger partial charge >= 0.3 is 0 Å². The lowest BCUT2D eigenvalue weighted by atomic mass is 10.1. The van der Waals surface area contributed by atoms with Crippen LogP contribution in [0.5, 0.6) is 5.75 Å². The Kier molecular flexibility index (Phi) is 4.63. The number of hydrogen-bond acceptors (Lipinski definition) is 5. The zero-order valence-electron chi connectivity index (χ0n) is 12.5. The summed E-state index contributed by atoms with van der Waals surface area (Å²) in [5, 5.41) is 5.44. The first-order valence-electron chi connectivity index (χ1n) is 7.03. The maximum absolute atomic E-state index is 12.2. The molecule has 1 N–H and O–H groups in total. The molecule has 0 radical (unpaired) electrons. The summed E-state index contributed by atoms with van der Waals surface area (Å²) in [4.78, 5) is 20.5. The Morgan fingerprint density at radius 1 is 1.26 bits per heavy atom. The van der Waals surface area contributed by atoms with E-state index in [1.54, 1.807) is 37.0 Å². The van der Waals surface area contributed by atoms with E-state index in [4.69, 9.17) is 4.74 Å². The normalized spacial score (nSPS) is 10.3. The first-order chi connectivity index (χ1) is 11.2. The van der Waals surface area contributed by atoms with Gasteiger partial charge < -0.3 is 10.1 Å². The predicted molar refractivity (Wildman–Crippen MR) is 90.1 cm³/mol. The number of nitrogens with zero attached hydrogens (tertiary/aromatic N) is 2. The van der Waals surface area contributed by atoms with Crippen molar-refractivity contribution >= 4 is 22.9 Å². The van der Waals surface area contributed by atoms with E-state index in [0.717, 1.165) is 16.3 Å². The second kappa shape index (κ2) is 7.02. The highest BCUT2D eigenvalue weighted by atomic mass is 32.1. The van der Waals surface area contributed by atoms with Crippen LogP contribution in [-0.2, 0) is 6.42 Å². The third-order valence-electron chi connectivity index (χ3n) is 3.22. The molecule has 0 aliphatic carbocycles. The molecular weight excluding hydrogens is 310 g/mol. The quantitative estimate of drug-likeness (QED) is 0.781. The molecule has 3 aromatic rings. The van der Waals surface area contributed by atoms with Crippen LogP contribution in [0, 0.1) is 0 Å². The van der Waals surface area contributed by atoms with Gasteiger partial charge in [-0.05, 0) is 29.8 Å². The van der Waals surface area contributed by atoms with E-state index in [9.17, 15) is 4.79 Å². The van der Waals surface area contributed by atoms with Crippen molar-refractivity contribution in [1.82, 2.24) is 9.97 Å². The number of nitrogens with one attached hydrogen (secondary N) is 1. The molecule has 116 valence electrons. The van der Waals surface area contributed by atoms with Gasteiger partial charge in [-0.3, -0.25) is 9.78 Å². The van der Waals surface area contributed by atoms with Crippen LogP contribution < -0.4 is 10.1 Å². The second-order valence-electron chi connectivity index (χ2n) is 4.85. The molecule has 23 heavy (non-hydrogen) atoms. The number of ether oxygens (including phenoxy) is 1. The largest absolute Gasteiger partial charge is 0.497 e. The number of pyridine rings is 1. The van der Waals surface area contributed by atoms with E-state index >= 15 is 0 Å². The van der Waals surface area contributed by atoms with Gasteiger partial charge in [-0.2, -0.15) is 0 Å². The molecule has 0 saturated carbocycles. The molecule has 0 aliphatic heterocycles. The van der Waals surface area contributed by atoms with Crippen molar-refractivity contribution in [3.63, 3.8) is 0 Å². The number of carbonyl (C=O) groups excluding carboxylic acids is 1. The zero-order valence-corrected chi connectivity index (χ0v) is 13.3. The first kappa shape index (κ1) is 15.2. The molecule has 0 bridgehead atoms. The van der Waals surface area contributed by atoms with Crippen molar-refractivity contribution in [3.05, 3.63) is 70.4 Å². The molecule has 0 aliphatic rings. The average molecular weight is 325 g/mol. The Morgan fingerprint density at radius 3 is 2.78 bits per heavy atom. The SMILES string of the molecule is COc1ccc(Cc2nc(C(=O)Nc3cccnc3)cs2)cc1. The molecule has 3 rings (SSSR count). The van der Waals surface area contributed by atoms with Crippen molar-refractivity contribution in [2.75, 3.05) is 12.4 Å². The summed E-state index contributed by atoms with van der Waals surface area (Å²) in [6, 6.07) is 11.4. The monoisotopic (exact) mass is 325 g/mol. The number of hydrogen-bond donors (Lipinski definition) is 1. The van der Waals surface area contributed by atoms with Crippen LogP contribution in [0.15, 0.2) is 54.2 Å². The second-order valence-corrected chi connectivity index (χ2v) is 5.79. The van der Waals surface area contributed by atoms with E-state index in [2.05, 4.69) is 15.3 Å². The minimum Gasteiger partial charge on any atom is -0.497 e. The van der Waals surface area contributed by atoms with Gasteiger partial charge in [0.05, 0.1) is 24.0 Å². The van der Waals surface area contributed by atoms with Crippen LogP contribution in [0.4, 0.5) is 5.69 Å². The van der Waals surface area contributed by atoms with Crippen LogP contribution in [-0.4, -0.2) is 23.0 Å². The minimum absolute atomic E-state index is 0.227. The number of benzene rings is 1. The highest BCUT2D eigenvalue weighted by molar-refractivity contribution is 7.09. The third kappa shape index (κ3) is 3.92. The fraction of sp³-hybridized carbons (Fsp3) is 0.118. The molecule has 0 spiro atoms. The van der Waals surface area contributed by atoms with Gasteiger partial charge in [-0.1, -0.05) is 12.1 Å². The fourth-order valence-corrected chi connectivity index (χ4v) is 2.85. The number of carbonyl (C=O) groups is 1. The van der Waals surface area contributed by atoms with Crippen molar-refractivity contribution in [2.24, 2.45) is 0 Å². The van der Waals surface area contributed by atoms with Gasteiger partial charge in [0.1, 0.15) is 11.4 Å². The Hall–Kier alpha value is -2.73. The molecule has 0 fully saturated rings. The van der Waals surface area contributed by atoms with E-state index in [1.165, 1.54) is 11.3 Å². The van der Waals surface area contributed by atoms with Crippen molar-refractivity contribution in [3.8, 4) is 5.75 Å². The fourth-order valence-electron chi connectivity index (χ4n) is 2.05. The lowest BCUT2D eigenvalue weighted by Crippen LogP contribution is -2.12. The van der Waals surface area contributed by atoms with Gasteiger partial charge in [-0.15, -0.1) is 11.3 Å². The summed E-state index contributed by atoms with van der Waals surface area (Å²) in [6.45, 7) is 0. The highest BCUT2D eigenvalue weighted by Gasteiger charge is 2.11. The first-order valence-corrected chi connectivity index (χ1v) is 7.91. The lowest BCUT2D eigenvalue weighted by Gasteiger charge is -2.02. The summed E-state index contributed by atoms with van der Waals surface area (Å²) in [5.74, 6) is 0.597. The summed E-state index contributed by atoms with van der Waals surface area (Å²) in [6.07, 6.45) is 3.95. The number of anilines is 1. The summed E-state index contributed by atoms with van der Waals surface area (Å²) < 4.78 is 5.14. The number of thiazole rings is 1. The zero-order chi connectivity index (χ0) is 16.1. The third-order valence-corrected chi connectivity index (χ3v) is 4.07. The van der Waals surface area contributed by atoms with E-state index < -0.39 is 0 Å². The summed E-state index contributed by atoms with van der Waals surface area (Å²) in [7, 11) is 1.64. The molecule has 6 heteroatoms. The molecule has 0 saturated heterocycles. The molecule has 2 aromatic heterocycles. The smallest absolute Gasteiger partial charge is 0.275 e. The van der Waals surface area contributed by atoms with E-state index in [-0.39, 0.29) is 5.91 Å². The number of rotatable bonds is 5. The highest BCUT2D eigenvalue weighted by Crippen LogP contribution is 2.18. The van der Waals surface area contributed by atoms with Gasteiger partial charge in [0.25, 0.3) is 5.91 Å². The molecule has 0 unspecified atom stereocenters. The molecular formula is C17H15N3O2S. The van der Waals surface area contributed by atoms with Crippen molar-refractivity contribution in [2.45, 2.75) is 6.42 Å². The standard InChI is InChI=1S/C17H15N3O2S/c1-22-14-6-4-12(5-7-14)9-16-20-15(11-23-16)17(21)19-13-3-2-8-18-10-13/h2-8,10-11H,9H2,1H3,(H,19,21). The molecule has 2 heterocycles.